The highest BCUT2D eigenvalue weighted by atomic mass is 79.9. The Labute approximate surface area is 160 Å². The number of nitrogens with one attached hydrogen (secondary N) is 1. The number of likely N-dealkylation sites (N-methyl/N-ethyl adjacent to an activating group) is 1. The molecule has 1 atom stereocenters. The van der Waals surface area contributed by atoms with E-state index in [9.17, 15) is 18.0 Å². The molecule has 1 saturated heterocycles. The molecular weight excluding hydrogens is 428 g/mol. The van der Waals surface area contributed by atoms with Crippen molar-refractivity contribution in [2.75, 3.05) is 36.2 Å². The first-order chi connectivity index (χ1) is 11.7. The SMILES string of the molecule is Cc1cc(Br)ccc1NC(=O)CN(C)C(=O)CSC1CCS(=O)(=O)C1. The fourth-order valence-corrected chi connectivity index (χ4v) is 6.51. The van der Waals surface area contributed by atoms with Gasteiger partial charge >= 0.3 is 0 Å². The number of sulfone groups is 1. The Bertz CT molecular complexity index is 767. The number of amides is 2. The molecule has 0 radical (unpaired) electrons. The van der Waals surface area contributed by atoms with Gasteiger partial charge in [-0.3, -0.25) is 9.59 Å². The molecule has 2 amide bonds. The number of hydrogen-bond donors (Lipinski definition) is 1. The monoisotopic (exact) mass is 448 g/mol. The molecule has 1 unspecified atom stereocenters. The summed E-state index contributed by atoms with van der Waals surface area (Å²) in [6.45, 7) is 1.85. The maximum atomic E-state index is 12.1. The van der Waals surface area contributed by atoms with Crippen molar-refractivity contribution < 1.29 is 18.0 Å². The van der Waals surface area contributed by atoms with Crippen LogP contribution >= 0.6 is 27.7 Å². The highest BCUT2D eigenvalue weighted by molar-refractivity contribution is 9.10. The Hall–Kier alpha value is -1.06. The third kappa shape index (κ3) is 6.31. The molecule has 1 aromatic rings. The van der Waals surface area contributed by atoms with Crippen molar-refractivity contribution in [3.8, 4) is 0 Å². The van der Waals surface area contributed by atoms with Gasteiger partial charge in [0.2, 0.25) is 11.8 Å². The summed E-state index contributed by atoms with van der Waals surface area (Å²) in [5.41, 5.74) is 1.63. The number of anilines is 1. The van der Waals surface area contributed by atoms with Gasteiger partial charge in [-0.05, 0) is 37.1 Å². The van der Waals surface area contributed by atoms with Gasteiger partial charge in [-0.25, -0.2) is 8.42 Å². The third-order valence-corrected chi connectivity index (χ3v) is 7.66. The van der Waals surface area contributed by atoms with Crippen molar-refractivity contribution in [3.63, 3.8) is 0 Å². The van der Waals surface area contributed by atoms with Crippen LogP contribution in [0.3, 0.4) is 0 Å². The molecule has 0 aliphatic carbocycles. The molecule has 0 aromatic heterocycles. The standard InChI is InChI=1S/C16H21BrN2O4S2/c1-11-7-12(17)3-4-14(11)18-15(20)8-19(2)16(21)9-24-13-5-6-25(22,23)10-13/h3-4,7,13H,5-6,8-10H2,1-2H3,(H,18,20). The molecule has 1 fully saturated rings. The highest BCUT2D eigenvalue weighted by Crippen LogP contribution is 2.24. The first-order valence-electron chi connectivity index (χ1n) is 7.78. The minimum atomic E-state index is -2.94. The van der Waals surface area contributed by atoms with Gasteiger partial charge in [0.25, 0.3) is 0 Å². The minimum Gasteiger partial charge on any atom is -0.336 e. The number of rotatable bonds is 6. The Morgan fingerprint density at radius 2 is 2.12 bits per heavy atom. The number of thioether (sulfide) groups is 1. The lowest BCUT2D eigenvalue weighted by molar-refractivity contribution is -0.131. The molecule has 1 aromatic carbocycles. The van der Waals surface area contributed by atoms with Gasteiger partial charge in [0.1, 0.15) is 0 Å². The largest absolute Gasteiger partial charge is 0.336 e. The van der Waals surface area contributed by atoms with E-state index in [2.05, 4.69) is 21.2 Å². The number of benzene rings is 1. The lowest BCUT2D eigenvalue weighted by atomic mass is 10.2. The molecule has 1 heterocycles. The Morgan fingerprint density at radius 3 is 2.72 bits per heavy atom. The molecule has 0 saturated carbocycles. The van der Waals surface area contributed by atoms with E-state index >= 15 is 0 Å². The second kappa shape index (κ2) is 8.55. The fraction of sp³-hybridized carbons (Fsp3) is 0.500. The summed E-state index contributed by atoms with van der Waals surface area (Å²) in [6.07, 6.45) is 0.591. The summed E-state index contributed by atoms with van der Waals surface area (Å²) in [6, 6.07) is 5.54. The predicted octanol–water partition coefficient (Wildman–Crippen LogP) is 2.07. The minimum absolute atomic E-state index is 0.0263. The van der Waals surface area contributed by atoms with Crippen LogP contribution in [0.4, 0.5) is 5.69 Å². The summed E-state index contributed by atoms with van der Waals surface area (Å²) in [5, 5.41) is 2.77. The smallest absolute Gasteiger partial charge is 0.243 e. The van der Waals surface area contributed by atoms with E-state index in [1.165, 1.54) is 16.7 Å². The third-order valence-electron chi connectivity index (χ3n) is 3.90. The Kier molecular flexibility index (Phi) is 6.93. The summed E-state index contributed by atoms with van der Waals surface area (Å²) >= 11 is 4.72. The fourth-order valence-electron chi connectivity index (χ4n) is 2.45. The van der Waals surface area contributed by atoms with E-state index in [4.69, 9.17) is 0 Å². The lowest BCUT2D eigenvalue weighted by Crippen LogP contribution is -2.36. The van der Waals surface area contributed by atoms with Crippen molar-refractivity contribution in [3.05, 3.63) is 28.2 Å². The van der Waals surface area contributed by atoms with Crippen LogP contribution in [0.2, 0.25) is 0 Å². The van der Waals surface area contributed by atoms with Gasteiger partial charge in [-0.1, -0.05) is 15.9 Å². The van der Waals surface area contributed by atoms with E-state index in [1.54, 1.807) is 13.1 Å². The van der Waals surface area contributed by atoms with E-state index in [0.29, 0.717) is 12.1 Å². The molecule has 1 N–H and O–H groups in total. The summed E-state index contributed by atoms with van der Waals surface area (Å²) < 4.78 is 23.8. The zero-order valence-corrected chi connectivity index (χ0v) is 17.3. The Morgan fingerprint density at radius 1 is 1.40 bits per heavy atom. The molecule has 1 aliphatic rings. The van der Waals surface area contributed by atoms with Crippen LogP contribution in [0.5, 0.6) is 0 Å². The van der Waals surface area contributed by atoms with Crippen LogP contribution in [-0.2, 0) is 19.4 Å². The zero-order valence-electron chi connectivity index (χ0n) is 14.1. The van der Waals surface area contributed by atoms with Crippen LogP contribution in [0.15, 0.2) is 22.7 Å². The van der Waals surface area contributed by atoms with Gasteiger partial charge < -0.3 is 10.2 Å². The van der Waals surface area contributed by atoms with Crippen molar-refractivity contribution in [2.45, 2.75) is 18.6 Å². The summed E-state index contributed by atoms with van der Waals surface area (Å²) in [7, 11) is -1.37. The molecular formula is C16H21BrN2O4S2. The van der Waals surface area contributed by atoms with Crippen LogP contribution < -0.4 is 5.32 Å². The maximum Gasteiger partial charge on any atom is 0.243 e. The molecule has 2 rings (SSSR count). The van der Waals surface area contributed by atoms with Gasteiger partial charge in [0.05, 0.1) is 23.8 Å². The second-order valence-electron chi connectivity index (χ2n) is 6.09. The molecule has 25 heavy (non-hydrogen) atoms. The van der Waals surface area contributed by atoms with Crippen molar-refractivity contribution in [2.24, 2.45) is 0 Å². The zero-order chi connectivity index (χ0) is 18.6. The van der Waals surface area contributed by atoms with E-state index < -0.39 is 9.84 Å². The van der Waals surface area contributed by atoms with Gasteiger partial charge in [-0.15, -0.1) is 11.8 Å². The number of hydrogen-bond acceptors (Lipinski definition) is 5. The lowest BCUT2D eigenvalue weighted by Gasteiger charge is -2.18. The first kappa shape index (κ1) is 20.3. The molecule has 6 nitrogen and oxygen atoms in total. The van der Waals surface area contributed by atoms with Crippen LogP contribution in [0, 0.1) is 6.92 Å². The molecule has 138 valence electrons. The van der Waals surface area contributed by atoms with Gasteiger partial charge in [0.15, 0.2) is 9.84 Å². The summed E-state index contributed by atoms with van der Waals surface area (Å²) in [4.78, 5) is 25.6. The Balaban J connectivity index is 1.79. The number of carbonyl (C=O) groups is 2. The van der Waals surface area contributed by atoms with Crippen LogP contribution in [0.1, 0.15) is 12.0 Å². The van der Waals surface area contributed by atoms with Crippen molar-refractivity contribution in [1.82, 2.24) is 4.90 Å². The highest BCUT2D eigenvalue weighted by Gasteiger charge is 2.29. The average molecular weight is 449 g/mol. The normalized spacial score (nSPS) is 18.8. The number of halogens is 1. The van der Waals surface area contributed by atoms with Gasteiger partial charge in [0, 0.05) is 22.5 Å². The second-order valence-corrected chi connectivity index (χ2v) is 10.5. The van der Waals surface area contributed by atoms with Gasteiger partial charge in [-0.2, -0.15) is 0 Å². The van der Waals surface area contributed by atoms with Crippen LogP contribution in [-0.4, -0.2) is 61.2 Å². The maximum absolute atomic E-state index is 12.1. The number of carbonyl (C=O) groups excluding carboxylic acids is 2. The molecule has 1 aliphatic heterocycles. The summed E-state index contributed by atoms with van der Waals surface area (Å²) in [5.74, 6) is 0.0646. The van der Waals surface area contributed by atoms with Crippen molar-refractivity contribution in [1.29, 1.82) is 0 Å². The topological polar surface area (TPSA) is 83.6 Å². The van der Waals surface area contributed by atoms with E-state index in [-0.39, 0.29) is 40.9 Å². The molecule has 0 bridgehead atoms. The molecule has 0 spiro atoms. The molecule has 9 heteroatoms. The predicted molar refractivity (Wildman–Crippen MR) is 105 cm³/mol. The van der Waals surface area contributed by atoms with E-state index in [0.717, 1.165) is 10.0 Å². The van der Waals surface area contributed by atoms with Crippen LogP contribution in [0.25, 0.3) is 0 Å². The quantitative estimate of drug-likeness (QED) is 0.719. The first-order valence-corrected chi connectivity index (χ1v) is 11.4. The average Bonchev–Trinajstić information content (AvgIpc) is 2.86. The number of nitrogens with zero attached hydrogens (tertiary/aromatic N) is 1. The number of aryl methyl sites for hydroxylation is 1. The van der Waals surface area contributed by atoms with Crippen molar-refractivity contribution >= 4 is 55.0 Å². The van der Waals surface area contributed by atoms with E-state index in [1.807, 2.05) is 19.1 Å².